The minimum Gasteiger partial charge on any atom is -0.478 e. The number of carboxylic acid groups (broad SMARTS) is 1. The van der Waals surface area contributed by atoms with Gasteiger partial charge in [-0.1, -0.05) is 48.5 Å². The maximum Gasteiger partial charge on any atom is 0.336 e. The van der Waals surface area contributed by atoms with E-state index < -0.39 is 18.0 Å². The number of hydrogen-bond acceptors (Lipinski definition) is 5. The Morgan fingerprint density at radius 2 is 1.70 bits per heavy atom. The molecule has 3 aromatic rings. The van der Waals surface area contributed by atoms with Crippen LogP contribution < -0.4 is 5.43 Å². The van der Waals surface area contributed by atoms with E-state index in [0.29, 0.717) is 22.6 Å². The van der Waals surface area contributed by atoms with E-state index in [1.54, 1.807) is 60.7 Å². The molecule has 0 aliphatic rings. The predicted molar refractivity (Wildman–Crippen MR) is 98.2 cm³/mol. The van der Waals surface area contributed by atoms with Gasteiger partial charge in [0.05, 0.1) is 11.8 Å². The second kappa shape index (κ2) is 8.11. The van der Waals surface area contributed by atoms with Crippen LogP contribution in [-0.4, -0.2) is 28.3 Å². The number of aromatic carboxylic acids is 1. The van der Waals surface area contributed by atoms with Crippen molar-refractivity contribution in [3.05, 3.63) is 83.6 Å². The second-order valence-corrected chi connectivity index (χ2v) is 5.60. The van der Waals surface area contributed by atoms with Gasteiger partial charge in [-0.2, -0.15) is 5.10 Å². The number of benzene rings is 2. The fourth-order valence-electron chi connectivity index (χ4n) is 2.46. The number of nitrogens with one attached hydrogen (secondary N) is 1. The lowest BCUT2D eigenvalue weighted by Crippen LogP contribution is -2.25. The third kappa shape index (κ3) is 4.28. The van der Waals surface area contributed by atoms with Crippen molar-refractivity contribution in [2.75, 3.05) is 0 Å². The van der Waals surface area contributed by atoms with Gasteiger partial charge < -0.3 is 14.6 Å². The van der Waals surface area contributed by atoms with E-state index in [1.165, 1.54) is 12.3 Å². The zero-order valence-corrected chi connectivity index (χ0v) is 14.1. The van der Waals surface area contributed by atoms with Crippen molar-refractivity contribution in [2.24, 2.45) is 5.10 Å². The number of nitrogens with zero attached hydrogens (tertiary/aromatic N) is 1. The van der Waals surface area contributed by atoms with Crippen molar-refractivity contribution in [3.8, 4) is 11.3 Å². The van der Waals surface area contributed by atoms with Gasteiger partial charge in [-0.15, -0.1) is 0 Å². The molecule has 0 spiro atoms. The number of hydrogen-bond donors (Lipinski definition) is 3. The van der Waals surface area contributed by atoms with Gasteiger partial charge >= 0.3 is 5.97 Å². The molecule has 27 heavy (non-hydrogen) atoms. The molecule has 1 heterocycles. The fraction of sp³-hybridized carbons (Fsp3) is 0.0500. The number of amides is 1. The van der Waals surface area contributed by atoms with Gasteiger partial charge in [-0.25, -0.2) is 10.2 Å². The average Bonchev–Trinajstić information content (AvgIpc) is 3.16. The van der Waals surface area contributed by atoms with E-state index in [-0.39, 0.29) is 5.56 Å². The highest BCUT2D eigenvalue weighted by Crippen LogP contribution is 2.25. The Morgan fingerprint density at radius 3 is 2.44 bits per heavy atom. The molecule has 1 atom stereocenters. The lowest BCUT2D eigenvalue weighted by atomic mass is 10.1. The van der Waals surface area contributed by atoms with Gasteiger partial charge in [0.2, 0.25) is 0 Å². The third-order valence-corrected chi connectivity index (χ3v) is 3.78. The first kappa shape index (κ1) is 18.1. The van der Waals surface area contributed by atoms with Crippen molar-refractivity contribution in [1.82, 2.24) is 5.43 Å². The lowest BCUT2D eigenvalue weighted by molar-refractivity contribution is -0.129. The summed E-state index contributed by atoms with van der Waals surface area (Å²) >= 11 is 0. The number of carbonyl (C=O) groups is 2. The number of furan rings is 1. The summed E-state index contributed by atoms with van der Waals surface area (Å²) in [7, 11) is 0. The normalized spacial score (nSPS) is 12.0. The number of carbonyl (C=O) groups excluding carboxylic acids is 1. The standard InChI is InChI=1S/C20H16N2O5/c23-18(13-6-2-1-3-7-13)19(24)22-21-12-14-10-11-17(27-14)15-8-4-5-9-16(15)20(25)26/h1-12,18,23H,(H,22,24)(H,25,26)/b21-12-/t18-/m1/s1. The van der Waals surface area contributed by atoms with Gasteiger partial charge in [-0.05, 0) is 23.8 Å². The van der Waals surface area contributed by atoms with E-state index >= 15 is 0 Å². The van der Waals surface area contributed by atoms with E-state index in [4.69, 9.17) is 4.42 Å². The summed E-state index contributed by atoms with van der Waals surface area (Å²) in [6.45, 7) is 0. The minimum atomic E-state index is -1.34. The monoisotopic (exact) mass is 364 g/mol. The number of rotatable bonds is 6. The quantitative estimate of drug-likeness (QED) is 0.460. The molecule has 0 radical (unpaired) electrons. The summed E-state index contributed by atoms with van der Waals surface area (Å²) in [4.78, 5) is 23.2. The first-order chi connectivity index (χ1) is 13.1. The maximum absolute atomic E-state index is 11.9. The number of carboxylic acids is 1. The Kier molecular flexibility index (Phi) is 5.44. The zero-order valence-electron chi connectivity index (χ0n) is 14.1. The Hall–Kier alpha value is -3.71. The van der Waals surface area contributed by atoms with Crippen molar-refractivity contribution in [1.29, 1.82) is 0 Å². The molecule has 3 N–H and O–H groups in total. The molecule has 0 saturated heterocycles. The van der Waals surface area contributed by atoms with Crippen LogP contribution in [0.2, 0.25) is 0 Å². The molecule has 3 rings (SSSR count). The number of aliphatic hydroxyl groups is 1. The molecule has 1 amide bonds. The summed E-state index contributed by atoms with van der Waals surface area (Å²) in [5, 5.41) is 23.0. The van der Waals surface area contributed by atoms with Gasteiger partial charge in [0.1, 0.15) is 11.5 Å². The first-order valence-electron chi connectivity index (χ1n) is 8.04. The molecular formula is C20H16N2O5. The summed E-state index contributed by atoms with van der Waals surface area (Å²) in [6.07, 6.45) is -0.0689. The first-order valence-corrected chi connectivity index (χ1v) is 8.04. The summed E-state index contributed by atoms with van der Waals surface area (Å²) in [5.41, 5.74) is 3.25. The van der Waals surface area contributed by atoms with Crippen LogP contribution in [0.3, 0.4) is 0 Å². The predicted octanol–water partition coefficient (Wildman–Crippen LogP) is 2.83. The van der Waals surface area contributed by atoms with Crippen LogP contribution in [0.15, 0.2) is 76.2 Å². The number of aliphatic hydroxyl groups excluding tert-OH is 1. The van der Waals surface area contributed by atoms with Gasteiger partial charge in [0, 0.05) is 5.56 Å². The summed E-state index contributed by atoms with van der Waals surface area (Å²) in [5.74, 6) is -1.05. The Balaban J connectivity index is 1.68. The Bertz CT molecular complexity index is 979. The second-order valence-electron chi connectivity index (χ2n) is 5.60. The molecular weight excluding hydrogens is 348 g/mol. The summed E-state index contributed by atoms with van der Waals surface area (Å²) in [6, 6.07) is 18.2. The highest BCUT2D eigenvalue weighted by Gasteiger charge is 2.16. The molecule has 0 bridgehead atoms. The van der Waals surface area contributed by atoms with Gasteiger partial charge in [-0.3, -0.25) is 4.79 Å². The fourth-order valence-corrected chi connectivity index (χ4v) is 2.46. The third-order valence-electron chi connectivity index (χ3n) is 3.78. The molecule has 0 fully saturated rings. The largest absolute Gasteiger partial charge is 0.478 e. The summed E-state index contributed by atoms with van der Waals surface area (Å²) < 4.78 is 5.56. The molecule has 136 valence electrons. The Labute approximate surface area is 154 Å². The van der Waals surface area contributed by atoms with E-state index in [1.807, 2.05) is 0 Å². The van der Waals surface area contributed by atoms with Crippen molar-refractivity contribution >= 4 is 18.1 Å². The molecule has 7 heteroatoms. The van der Waals surface area contributed by atoms with E-state index in [0.717, 1.165) is 0 Å². The van der Waals surface area contributed by atoms with Gasteiger partial charge in [0.15, 0.2) is 6.10 Å². The van der Waals surface area contributed by atoms with E-state index in [9.17, 15) is 19.8 Å². The van der Waals surface area contributed by atoms with Crippen LogP contribution >= 0.6 is 0 Å². The lowest BCUT2D eigenvalue weighted by Gasteiger charge is -2.08. The smallest absolute Gasteiger partial charge is 0.336 e. The SMILES string of the molecule is O=C(O)c1ccccc1-c1ccc(/C=N\NC(=O)[C@H](O)c2ccccc2)o1. The van der Waals surface area contributed by atoms with Crippen LogP contribution in [-0.2, 0) is 4.79 Å². The highest BCUT2D eigenvalue weighted by atomic mass is 16.4. The maximum atomic E-state index is 11.9. The van der Waals surface area contributed by atoms with Gasteiger partial charge in [0.25, 0.3) is 5.91 Å². The molecule has 0 aliphatic heterocycles. The van der Waals surface area contributed by atoms with Crippen molar-refractivity contribution in [3.63, 3.8) is 0 Å². The molecule has 2 aromatic carbocycles. The molecule has 1 aromatic heterocycles. The molecule has 7 nitrogen and oxygen atoms in total. The molecule has 0 aliphatic carbocycles. The minimum absolute atomic E-state index is 0.120. The van der Waals surface area contributed by atoms with Crippen LogP contribution in [0.5, 0.6) is 0 Å². The zero-order chi connectivity index (χ0) is 19.2. The highest BCUT2D eigenvalue weighted by molar-refractivity contribution is 5.95. The van der Waals surface area contributed by atoms with Crippen LogP contribution in [0, 0.1) is 0 Å². The molecule has 0 saturated carbocycles. The topological polar surface area (TPSA) is 112 Å². The van der Waals surface area contributed by atoms with Crippen LogP contribution in [0.4, 0.5) is 0 Å². The number of hydrazone groups is 1. The molecule has 0 unspecified atom stereocenters. The Morgan fingerprint density at radius 1 is 1.00 bits per heavy atom. The van der Waals surface area contributed by atoms with E-state index in [2.05, 4.69) is 10.5 Å². The van der Waals surface area contributed by atoms with Crippen LogP contribution in [0.1, 0.15) is 27.8 Å². The van der Waals surface area contributed by atoms with Crippen molar-refractivity contribution < 1.29 is 24.2 Å². The average molecular weight is 364 g/mol. The van der Waals surface area contributed by atoms with Crippen molar-refractivity contribution in [2.45, 2.75) is 6.10 Å². The van der Waals surface area contributed by atoms with Crippen LogP contribution in [0.25, 0.3) is 11.3 Å².